The highest BCUT2D eigenvalue weighted by atomic mass is 16.6. The molecule has 0 aliphatic heterocycles. The van der Waals surface area contributed by atoms with E-state index in [9.17, 15) is 14.9 Å². The van der Waals surface area contributed by atoms with E-state index >= 15 is 0 Å². The summed E-state index contributed by atoms with van der Waals surface area (Å²) in [6, 6.07) is 2.31. The summed E-state index contributed by atoms with van der Waals surface area (Å²) in [5.41, 5.74) is 9.21. The Hall–Kier alpha value is -2.18. The summed E-state index contributed by atoms with van der Waals surface area (Å²) in [5.74, 6) is -0.960. The number of nitro groups is 1. The number of rotatable bonds is 2. The maximum atomic E-state index is 10.7. The van der Waals surface area contributed by atoms with Crippen LogP contribution in [0.4, 0.5) is 11.5 Å². The highest BCUT2D eigenvalue weighted by molar-refractivity contribution is 5.95. The first kappa shape index (κ1) is 8.91. The Morgan fingerprint density at radius 1 is 1.54 bits per heavy atom. The summed E-state index contributed by atoms with van der Waals surface area (Å²) in [7, 11) is 0. The molecule has 0 saturated carbocycles. The van der Waals surface area contributed by atoms with E-state index in [-0.39, 0.29) is 5.82 Å². The van der Waals surface area contributed by atoms with Crippen LogP contribution in [0.2, 0.25) is 0 Å². The van der Waals surface area contributed by atoms with Gasteiger partial charge in [-0.15, -0.1) is 0 Å². The van der Waals surface area contributed by atoms with Gasteiger partial charge >= 0.3 is 5.69 Å². The zero-order valence-electron chi connectivity index (χ0n) is 6.43. The second kappa shape index (κ2) is 3.05. The molecule has 7 heteroatoms. The van der Waals surface area contributed by atoms with Gasteiger partial charge in [-0.25, -0.2) is 4.98 Å². The van der Waals surface area contributed by atoms with Crippen LogP contribution >= 0.6 is 0 Å². The summed E-state index contributed by atoms with van der Waals surface area (Å²) in [5, 5.41) is 10.4. The molecular weight excluding hydrogens is 176 g/mol. The lowest BCUT2D eigenvalue weighted by Gasteiger charge is -1.97. The Labute approximate surface area is 72.5 Å². The Morgan fingerprint density at radius 2 is 2.15 bits per heavy atom. The second-order valence-electron chi connectivity index (χ2n) is 2.23. The largest absolute Gasteiger partial charge is 0.384 e. The monoisotopic (exact) mass is 182 g/mol. The van der Waals surface area contributed by atoms with E-state index in [1.807, 2.05) is 0 Å². The number of carbonyl (C=O) groups excluding carboxylic acids is 1. The molecule has 7 nitrogen and oxygen atoms in total. The van der Waals surface area contributed by atoms with Crippen molar-refractivity contribution in [1.82, 2.24) is 4.98 Å². The van der Waals surface area contributed by atoms with E-state index < -0.39 is 22.2 Å². The van der Waals surface area contributed by atoms with Gasteiger partial charge in [0.05, 0.1) is 4.92 Å². The number of anilines is 1. The van der Waals surface area contributed by atoms with Crippen molar-refractivity contribution in [1.29, 1.82) is 0 Å². The molecule has 0 spiro atoms. The van der Waals surface area contributed by atoms with E-state index in [2.05, 4.69) is 4.98 Å². The predicted molar refractivity (Wildman–Crippen MR) is 43.8 cm³/mol. The van der Waals surface area contributed by atoms with Crippen molar-refractivity contribution < 1.29 is 9.72 Å². The van der Waals surface area contributed by atoms with Gasteiger partial charge in [0, 0.05) is 6.07 Å². The average Bonchev–Trinajstić information content (AvgIpc) is 2.03. The molecule has 0 saturated heterocycles. The van der Waals surface area contributed by atoms with Crippen LogP contribution in [0, 0.1) is 10.1 Å². The summed E-state index contributed by atoms with van der Waals surface area (Å²) < 4.78 is 0. The predicted octanol–water partition coefficient (Wildman–Crippen LogP) is -0.329. The van der Waals surface area contributed by atoms with Crippen molar-refractivity contribution in [3.63, 3.8) is 0 Å². The molecule has 1 aromatic rings. The maximum Gasteiger partial charge on any atom is 0.300 e. The van der Waals surface area contributed by atoms with Gasteiger partial charge in [0.1, 0.15) is 5.82 Å². The molecule has 0 fully saturated rings. The number of primary amides is 1. The van der Waals surface area contributed by atoms with Crippen molar-refractivity contribution in [2.24, 2.45) is 5.73 Å². The van der Waals surface area contributed by atoms with Gasteiger partial charge in [0.15, 0.2) is 0 Å². The van der Waals surface area contributed by atoms with Gasteiger partial charge in [-0.3, -0.25) is 14.9 Å². The first-order valence-corrected chi connectivity index (χ1v) is 3.23. The molecule has 0 aromatic carbocycles. The Morgan fingerprint density at radius 3 is 2.62 bits per heavy atom. The van der Waals surface area contributed by atoms with E-state index in [0.29, 0.717) is 0 Å². The molecule has 1 aromatic heterocycles. The number of pyridine rings is 1. The molecule has 0 unspecified atom stereocenters. The van der Waals surface area contributed by atoms with Crippen LogP contribution in [0.5, 0.6) is 0 Å². The third-order valence-corrected chi connectivity index (χ3v) is 1.33. The van der Waals surface area contributed by atoms with Gasteiger partial charge in [-0.05, 0) is 6.07 Å². The lowest BCUT2D eigenvalue weighted by molar-refractivity contribution is -0.385. The third kappa shape index (κ3) is 1.70. The highest BCUT2D eigenvalue weighted by Crippen LogP contribution is 2.16. The summed E-state index contributed by atoms with van der Waals surface area (Å²) in [6.07, 6.45) is 0. The molecule has 13 heavy (non-hydrogen) atoms. The molecule has 0 aliphatic rings. The minimum Gasteiger partial charge on any atom is -0.384 e. The van der Waals surface area contributed by atoms with Crippen molar-refractivity contribution in [2.75, 3.05) is 5.73 Å². The van der Waals surface area contributed by atoms with E-state index in [4.69, 9.17) is 11.5 Å². The van der Waals surface area contributed by atoms with Crippen LogP contribution in [-0.2, 0) is 0 Å². The number of nitrogens with two attached hydrogens (primary N) is 2. The van der Waals surface area contributed by atoms with Gasteiger partial charge < -0.3 is 11.5 Å². The highest BCUT2D eigenvalue weighted by Gasteiger charge is 2.19. The first-order chi connectivity index (χ1) is 6.02. The van der Waals surface area contributed by atoms with Crippen molar-refractivity contribution in [3.05, 3.63) is 27.9 Å². The lowest BCUT2D eigenvalue weighted by atomic mass is 10.3. The van der Waals surface area contributed by atoms with E-state index in [1.165, 1.54) is 6.07 Å². The molecule has 1 heterocycles. The van der Waals surface area contributed by atoms with Crippen molar-refractivity contribution in [3.8, 4) is 0 Å². The lowest BCUT2D eigenvalue weighted by Crippen LogP contribution is -2.16. The molecule has 4 N–H and O–H groups in total. The number of hydrogen-bond donors (Lipinski definition) is 2. The third-order valence-electron chi connectivity index (χ3n) is 1.33. The number of hydrogen-bond acceptors (Lipinski definition) is 5. The minimum atomic E-state index is -0.973. The van der Waals surface area contributed by atoms with Crippen LogP contribution in [-0.4, -0.2) is 15.8 Å². The van der Waals surface area contributed by atoms with Crippen LogP contribution in [0.1, 0.15) is 10.5 Å². The van der Waals surface area contributed by atoms with Crippen molar-refractivity contribution >= 4 is 17.4 Å². The Kier molecular flexibility index (Phi) is 2.09. The van der Waals surface area contributed by atoms with E-state index in [1.54, 1.807) is 0 Å². The van der Waals surface area contributed by atoms with Crippen LogP contribution in [0.15, 0.2) is 12.1 Å². The normalized spacial score (nSPS) is 9.54. The summed E-state index contributed by atoms with van der Waals surface area (Å²) in [4.78, 5) is 23.7. The molecule has 0 bridgehead atoms. The fourth-order valence-electron chi connectivity index (χ4n) is 0.796. The molecule has 68 valence electrons. The van der Waals surface area contributed by atoms with E-state index in [0.717, 1.165) is 6.07 Å². The van der Waals surface area contributed by atoms with Gasteiger partial charge in [0.2, 0.25) is 5.69 Å². The number of carbonyl (C=O) groups is 1. The fourth-order valence-corrected chi connectivity index (χ4v) is 0.796. The summed E-state index contributed by atoms with van der Waals surface area (Å²) in [6.45, 7) is 0. The average molecular weight is 182 g/mol. The number of amides is 1. The molecular formula is C6H6N4O3. The molecule has 1 rings (SSSR count). The number of nitrogen functional groups attached to an aromatic ring is 1. The Bertz CT molecular complexity index is 376. The SMILES string of the molecule is NC(=O)c1nc(N)ccc1[N+](=O)[O-]. The number of aromatic nitrogens is 1. The van der Waals surface area contributed by atoms with Crippen LogP contribution in [0.3, 0.4) is 0 Å². The van der Waals surface area contributed by atoms with Gasteiger partial charge in [0.25, 0.3) is 5.91 Å². The number of nitrogens with zero attached hydrogens (tertiary/aromatic N) is 2. The molecule has 0 aliphatic carbocycles. The minimum absolute atomic E-state index is 0.0133. The van der Waals surface area contributed by atoms with Gasteiger partial charge in [-0.2, -0.15) is 0 Å². The zero-order valence-corrected chi connectivity index (χ0v) is 6.43. The standard InChI is InChI=1S/C6H6N4O3/c7-4-2-1-3(10(12)13)5(9-4)6(8)11/h1-2H,(H2,7,9)(H2,8,11). The fraction of sp³-hybridized carbons (Fsp3) is 0. The topological polar surface area (TPSA) is 125 Å². The maximum absolute atomic E-state index is 10.7. The zero-order chi connectivity index (χ0) is 10.0. The molecule has 0 atom stereocenters. The van der Waals surface area contributed by atoms with Gasteiger partial charge in [-0.1, -0.05) is 0 Å². The summed E-state index contributed by atoms with van der Waals surface area (Å²) >= 11 is 0. The Balaban J connectivity index is 3.35. The molecule has 0 radical (unpaired) electrons. The quantitative estimate of drug-likeness (QED) is 0.478. The molecule has 1 amide bonds. The van der Waals surface area contributed by atoms with Crippen molar-refractivity contribution in [2.45, 2.75) is 0 Å². The van der Waals surface area contributed by atoms with Crippen LogP contribution < -0.4 is 11.5 Å². The second-order valence-corrected chi connectivity index (χ2v) is 2.23. The smallest absolute Gasteiger partial charge is 0.300 e. The van der Waals surface area contributed by atoms with Crippen LogP contribution in [0.25, 0.3) is 0 Å². The first-order valence-electron chi connectivity index (χ1n) is 3.23.